The molecule has 0 fully saturated rings. The number of thioether (sulfide) groups is 1. The summed E-state index contributed by atoms with van der Waals surface area (Å²) in [6.45, 7) is 15.2. The largest absolute Gasteiger partial charge is 0.134 e. The second-order valence-corrected chi connectivity index (χ2v) is 9.44. The van der Waals surface area contributed by atoms with Crippen LogP contribution in [0.15, 0.2) is 36.8 Å². The standard InChI is InChI=1S/C24H34S2/c1-6-8-9-10-11-12-17-21-22(18(3)4)24(20-15-13-14-16-20)26-23(21)19(5)25-7-2/h7,13-15,18H,2,5-6,8-12,16-17H2,1,3-4H3. The average molecular weight is 387 g/mol. The minimum absolute atomic E-state index is 0.549. The zero-order valence-electron chi connectivity index (χ0n) is 16.8. The van der Waals surface area contributed by atoms with Gasteiger partial charge in [-0.3, -0.25) is 0 Å². The number of thiophene rings is 1. The lowest BCUT2D eigenvalue weighted by atomic mass is 9.91. The van der Waals surface area contributed by atoms with Crippen molar-refractivity contribution in [3.63, 3.8) is 0 Å². The predicted molar refractivity (Wildman–Crippen MR) is 124 cm³/mol. The number of allylic oxidation sites excluding steroid dienone is 4. The van der Waals surface area contributed by atoms with E-state index in [0.29, 0.717) is 5.92 Å². The number of unbranched alkanes of at least 4 members (excludes halogenated alkanes) is 5. The van der Waals surface area contributed by atoms with Gasteiger partial charge in [0.2, 0.25) is 0 Å². The van der Waals surface area contributed by atoms with Crippen LogP contribution in [0.5, 0.6) is 0 Å². The summed E-state index contributed by atoms with van der Waals surface area (Å²) < 4.78 is 0. The Hall–Kier alpha value is -0.990. The molecule has 0 aliphatic heterocycles. The Morgan fingerprint density at radius 3 is 2.58 bits per heavy atom. The molecule has 0 aromatic carbocycles. The molecule has 0 atom stereocenters. The first kappa shape index (κ1) is 21.3. The van der Waals surface area contributed by atoms with Gasteiger partial charge in [-0.2, -0.15) is 0 Å². The van der Waals surface area contributed by atoms with Crippen molar-refractivity contribution in [2.45, 2.75) is 78.1 Å². The van der Waals surface area contributed by atoms with Crippen LogP contribution in [0.25, 0.3) is 10.5 Å². The van der Waals surface area contributed by atoms with Crippen LogP contribution >= 0.6 is 23.1 Å². The van der Waals surface area contributed by atoms with Crippen LogP contribution in [-0.2, 0) is 6.42 Å². The first-order chi connectivity index (χ1) is 12.6. The van der Waals surface area contributed by atoms with Crippen LogP contribution in [0.1, 0.15) is 92.5 Å². The van der Waals surface area contributed by atoms with E-state index in [1.807, 2.05) is 16.7 Å². The van der Waals surface area contributed by atoms with Crippen LogP contribution in [0.3, 0.4) is 0 Å². The lowest BCUT2D eigenvalue weighted by molar-refractivity contribution is 0.606. The second-order valence-electron chi connectivity index (χ2n) is 7.36. The van der Waals surface area contributed by atoms with Crippen LogP contribution in [-0.4, -0.2) is 0 Å². The summed E-state index contributed by atoms with van der Waals surface area (Å²) in [5, 5.41) is 1.90. The summed E-state index contributed by atoms with van der Waals surface area (Å²) in [4.78, 5) is 4.05. The van der Waals surface area contributed by atoms with E-state index in [0.717, 1.165) is 11.3 Å². The molecular formula is C24H34S2. The topological polar surface area (TPSA) is 0 Å². The van der Waals surface area contributed by atoms with Gasteiger partial charge in [0.1, 0.15) is 0 Å². The van der Waals surface area contributed by atoms with Gasteiger partial charge in [-0.1, -0.05) is 96.0 Å². The fourth-order valence-corrected chi connectivity index (χ4v) is 5.76. The highest BCUT2D eigenvalue weighted by atomic mass is 32.2. The molecule has 142 valence electrons. The normalized spacial score (nSPS) is 13.5. The molecule has 0 radical (unpaired) electrons. The van der Waals surface area contributed by atoms with Crippen molar-refractivity contribution in [2.75, 3.05) is 0 Å². The van der Waals surface area contributed by atoms with Gasteiger partial charge >= 0.3 is 0 Å². The van der Waals surface area contributed by atoms with E-state index in [1.165, 1.54) is 60.3 Å². The molecule has 0 saturated heterocycles. The van der Waals surface area contributed by atoms with E-state index in [2.05, 4.69) is 52.2 Å². The van der Waals surface area contributed by atoms with E-state index in [9.17, 15) is 0 Å². The lowest BCUT2D eigenvalue weighted by Crippen LogP contribution is -1.98. The molecule has 0 spiro atoms. The van der Waals surface area contributed by atoms with Gasteiger partial charge in [-0.25, -0.2) is 0 Å². The van der Waals surface area contributed by atoms with E-state index < -0.39 is 0 Å². The molecule has 26 heavy (non-hydrogen) atoms. The Balaban J connectivity index is 2.26. The summed E-state index contributed by atoms with van der Waals surface area (Å²) in [6.07, 6.45) is 17.1. The maximum atomic E-state index is 4.35. The summed E-state index contributed by atoms with van der Waals surface area (Å²) in [6, 6.07) is 0. The highest BCUT2D eigenvalue weighted by Gasteiger charge is 2.23. The van der Waals surface area contributed by atoms with E-state index in [4.69, 9.17) is 0 Å². The highest BCUT2D eigenvalue weighted by Crippen LogP contribution is 2.45. The third-order valence-corrected chi connectivity index (χ3v) is 7.12. The summed E-state index contributed by atoms with van der Waals surface area (Å²) in [5.41, 5.74) is 4.60. The molecule has 0 N–H and O–H groups in total. The maximum Gasteiger partial charge on any atom is 0.0445 e. The van der Waals surface area contributed by atoms with Crippen LogP contribution < -0.4 is 0 Å². The number of hydrogen-bond donors (Lipinski definition) is 0. The van der Waals surface area contributed by atoms with Crippen LogP contribution in [0.2, 0.25) is 0 Å². The van der Waals surface area contributed by atoms with Gasteiger partial charge in [-0.15, -0.1) is 11.3 Å². The fourth-order valence-electron chi connectivity index (χ4n) is 3.65. The SMILES string of the molecule is C=CSC(=C)c1sc(C2=CC=CC2)c(C(C)C)c1CCCCCCCC. The maximum absolute atomic E-state index is 4.35. The Labute approximate surface area is 169 Å². The van der Waals surface area contributed by atoms with Crippen molar-refractivity contribution in [1.82, 2.24) is 0 Å². The zero-order chi connectivity index (χ0) is 18.9. The third-order valence-electron chi connectivity index (χ3n) is 4.95. The predicted octanol–water partition coefficient (Wildman–Crippen LogP) is 8.97. The van der Waals surface area contributed by atoms with Crippen molar-refractivity contribution in [3.05, 3.63) is 57.7 Å². The van der Waals surface area contributed by atoms with Crippen molar-refractivity contribution in [3.8, 4) is 0 Å². The molecule has 0 saturated carbocycles. The van der Waals surface area contributed by atoms with Crippen molar-refractivity contribution in [1.29, 1.82) is 0 Å². The molecule has 1 heterocycles. The van der Waals surface area contributed by atoms with E-state index in [-0.39, 0.29) is 0 Å². The molecule has 1 aliphatic rings. The minimum atomic E-state index is 0.549. The van der Waals surface area contributed by atoms with Gasteiger partial charge in [0.05, 0.1) is 0 Å². The zero-order valence-corrected chi connectivity index (χ0v) is 18.4. The minimum Gasteiger partial charge on any atom is -0.134 e. The monoisotopic (exact) mass is 386 g/mol. The molecule has 1 aliphatic carbocycles. The average Bonchev–Trinajstić information content (AvgIpc) is 3.25. The van der Waals surface area contributed by atoms with Gasteiger partial charge < -0.3 is 0 Å². The van der Waals surface area contributed by atoms with E-state index >= 15 is 0 Å². The van der Waals surface area contributed by atoms with Gasteiger partial charge in [0, 0.05) is 14.7 Å². The molecule has 0 bridgehead atoms. The number of hydrogen-bond acceptors (Lipinski definition) is 2. The smallest absolute Gasteiger partial charge is 0.0445 e. The van der Waals surface area contributed by atoms with Gasteiger partial charge in [0.25, 0.3) is 0 Å². The van der Waals surface area contributed by atoms with Crippen molar-refractivity contribution in [2.24, 2.45) is 0 Å². The molecule has 1 aromatic rings. The highest BCUT2D eigenvalue weighted by molar-refractivity contribution is 8.11. The Morgan fingerprint density at radius 2 is 1.96 bits per heavy atom. The molecular weight excluding hydrogens is 352 g/mol. The quantitative estimate of drug-likeness (QED) is 0.323. The molecule has 2 rings (SSSR count). The van der Waals surface area contributed by atoms with Crippen LogP contribution in [0.4, 0.5) is 0 Å². The summed E-state index contributed by atoms with van der Waals surface area (Å²) in [5.74, 6) is 0.549. The molecule has 0 nitrogen and oxygen atoms in total. The second kappa shape index (κ2) is 11.0. The lowest BCUT2D eigenvalue weighted by Gasteiger charge is -2.13. The van der Waals surface area contributed by atoms with Crippen molar-refractivity contribution >= 4 is 33.6 Å². The first-order valence-corrected chi connectivity index (χ1v) is 11.8. The molecule has 0 unspecified atom stereocenters. The Kier molecular flexibility index (Phi) is 9.01. The summed E-state index contributed by atoms with van der Waals surface area (Å²) >= 11 is 3.63. The van der Waals surface area contributed by atoms with Crippen LogP contribution in [0, 0.1) is 0 Å². The number of rotatable bonds is 12. The first-order valence-electron chi connectivity index (χ1n) is 10.1. The molecule has 1 aromatic heterocycles. The Morgan fingerprint density at radius 1 is 1.23 bits per heavy atom. The summed E-state index contributed by atoms with van der Waals surface area (Å²) in [7, 11) is 0. The van der Waals surface area contributed by atoms with E-state index in [1.54, 1.807) is 22.9 Å². The fraction of sp³-hybridized carbons (Fsp3) is 0.500. The van der Waals surface area contributed by atoms with Gasteiger partial charge in [-0.05, 0) is 47.3 Å². The molecule has 2 heteroatoms. The molecule has 0 amide bonds. The van der Waals surface area contributed by atoms with Crippen molar-refractivity contribution < 1.29 is 0 Å². The van der Waals surface area contributed by atoms with Gasteiger partial charge in [0.15, 0.2) is 0 Å². The Bertz CT molecular complexity index is 671. The third kappa shape index (κ3) is 5.50.